The van der Waals surface area contributed by atoms with E-state index in [-0.39, 0.29) is 12.8 Å². The van der Waals surface area contributed by atoms with E-state index < -0.39 is 23.9 Å². The van der Waals surface area contributed by atoms with Gasteiger partial charge < -0.3 is 25.8 Å². The highest BCUT2D eigenvalue weighted by Gasteiger charge is 2.21. The van der Waals surface area contributed by atoms with Crippen molar-refractivity contribution in [3.05, 3.63) is 53.5 Å². The fraction of sp³-hybridized carbons (Fsp3) is 0.286. The lowest BCUT2D eigenvalue weighted by molar-refractivity contribution is -0.140. The van der Waals surface area contributed by atoms with Crippen LogP contribution in [0.3, 0.4) is 0 Å². The van der Waals surface area contributed by atoms with Crippen molar-refractivity contribution in [2.24, 2.45) is 7.05 Å². The molecule has 0 fully saturated rings. The number of carboxylic acids is 2. The summed E-state index contributed by atoms with van der Waals surface area (Å²) in [6.45, 7) is 0. The maximum absolute atomic E-state index is 12.3. The minimum Gasteiger partial charge on any atom is -0.481 e. The van der Waals surface area contributed by atoms with E-state index in [1.54, 1.807) is 24.3 Å². The molecule has 2 heterocycles. The number of carbonyl (C=O) groups excluding carboxylic acids is 1. The first kappa shape index (κ1) is 21.8. The van der Waals surface area contributed by atoms with E-state index in [0.717, 1.165) is 22.2 Å². The van der Waals surface area contributed by atoms with Gasteiger partial charge in [0, 0.05) is 25.2 Å². The molecule has 0 spiro atoms. The average Bonchev–Trinajstić information content (AvgIpc) is 3.06. The van der Waals surface area contributed by atoms with Gasteiger partial charge in [-0.05, 0) is 42.5 Å². The van der Waals surface area contributed by atoms with Crippen LogP contribution in [0, 0.1) is 0 Å². The fourth-order valence-corrected chi connectivity index (χ4v) is 3.38. The fourth-order valence-electron chi connectivity index (χ4n) is 3.38. The first-order valence-corrected chi connectivity index (χ1v) is 9.65. The molecule has 0 saturated carbocycles. The number of aliphatic carboxylic acids is 2. The topological polar surface area (TPSA) is 160 Å². The van der Waals surface area contributed by atoms with Crippen LogP contribution in [0.15, 0.2) is 36.8 Å². The third-order valence-electron chi connectivity index (χ3n) is 5.01. The van der Waals surface area contributed by atoms with E-state index >= 15 is 0 Å². The van der Waals surface area contributed by atoms with E-state index in [9.17, 15) is 19.5 Å². The molecule has 3 rings (SSSR count). The number of nitrogen functional groups attached to an aromatic ring is 1. The Morgan fingerprint density at radius 1 is 1.13 bits per heavy atom. The summed E-state index contributed by atoms with van der Waals surface area (Å²) in [7, 11) is 1.90. The monoisotopic (exact) mass is 425 g/mol. The SMILES string of the molecule is Cn1cc(CCc2ccc(C(=O)N[C@@H](CCC(=O)O)C(=O)O)cc2)c2c(N)ncnc21. The minimum atomic E-state index is -1.27. The van der Waals surface area contributed by atoms with Gasteiger partial charge in [0.2, 0.25) is 0 Å². The van der Waals surface area contributed by atoms with Crippen molar-refractivity contribution in [3.8, 4) is 0 Å². The number of nitrogens with zero attached hydrogens (tertiary/aromatic N) is 3. The number of carboxylic acid groups (broad SMARTS) is 2. The molecule has 31 heavy (non-hydrogen) atoms. The molecule has 10 heteroatoms. The van der Waals surface area contributed by atoms with Crippen molar-refractivity contribution >= 4 is 34.7 Å². The van der Waals surface area contributed by atoms with Crippen molar-refractivity contribution in [2.45, 2.75) is 31.7 Å². The second-order valence-corrected chi connectivity index (χ2v) is 7.22. The van der Waals surface area contributed by atoms with Gasteiger partial charge in [0.15, 0.2) is 0 Å². The van der Waals surface area contributed by atoms with Gasteiger partial charge in [0.25, 0.3) is 5.91 Å². The molecule has 5 N–H and O–H groups in total. The number of amides is 1. The highest BCUT2D eigenvalue weighted by Crippen LogP contribution is 2.24. The molecule has 0 unspecified atom stereocenters. The number of rotatable bonds is 9. The standard InChI is InChI=1S/C21H23N5O5/c1-26-10-14(17-18(22)23-11-24-19(17)26)7-4-12-2-5-13(6-3-12)20(29)25-15(21(30)31)8-9-16(27)28/h2-3,5-6,10-11,15H,4,7-9H2,1H3,(H,25,29)(H,27,28)(H,30,31)(H2,22,23,24)/t15-/m0/s1. The molecule has 2 aromatic heterocycles. The molecule has 0 radical (unpaired) electrons. The number of hydrogen-bond donors (Lipinski definition) is 4. The zero-order valence-corrected chi connectivity index (χ0v) is 16.9. The Morgan fingerprint density at radius 2 is 1.84 bits per heavy atom. The molecule has 162 valence electrons. The third kappa shape index (κ3) is 5.16. The number of nitrogens with two attached hydrogens (primary N) is 1. The highest BCUT2D eigenvalue weighted by molar-refractivity contribution is 5.96. The molecule has 1 aromatic carbocycles. The van der Waals surface area contributed by atoms with Gasteiger partial charge in [-0.25, -0.2) is 14.8 Å². The minimum absolute atomic E-state index is 0.188. The summed E-state index contributed by atoms with van der Waals surface area (Å²) in [6.07, 6.45) is 4.28. The lowest BCUT2D eigenvalue weighted by Crippen LogP contribution is -2.41. The number of nitrogens with one attached hydrogen (secondary N) is 1. The Labute approximate surface area is 177 Å². The number of carbonyl (C=O) groups is 3. The van der Waals surface area contributed by atoms with Crippen LogP contribution in [0.1, 0.15) is 34.3 Å². The number of aromatic nitrogens is 3. The van der Waals surface area contributed by atoms with E-state index in [1.165, 1.54) is 6.33 Å². The maximum Gasteiger partial charge on any atom is 0.326 e. The molecule has 3 aromatic rings. The molecule has 1 atom stereocenters. The van der Waals surface area contributed by atoms with Gasteiger partial charge in [-0.1, -0.05) is 12.1 Å². The van der Waals surface area contributed by atoms with Crippen LogP contribution in [0.25, 0.3) is 11.0 Å². The van der Waals surface area contributed by atoms with E-state index in [4.69, 9.17) is 10.8 Å². The van der Waals surface area contributed by atoms with Crippen molar-refractivity contribution < 1.29 is 24.6 Å². The lowest BCUT2D eigenvalue weighted by atomic mass is 10.0. The van der Waals surface area contributed by atoms with Crippen LogP contribution in [0.2, 0.25) is 0 Å². The van der Waals surface area contributed by atoms with Crippen molar-refractivity contribution in [2.75, 3.05) is 5.73 Å². The highest BCUT2D eigenvalue weighted by atomic mass is 16.4. The van der Waals surface area contributed by atoms with Crippen LogP contribution < -0.4 is 11.1 Å². The molecular formula is C21H23N5O5. The molecule has 0 aliphatic rings. The third-order valence-corrected chi connectivity index (χ3v) is 5.01. The Kier molecular flexibility index (Phi) is 6.49. The summed E-state index contributed by atoms with van der Waals surface area (Å²) in [4.78, 5) is 42.5. The zero-order valence-electron chi connectivity index (χ0n) is 16.9. The number of anilines is 1. The maximum atomic E-state index is 12.3. The molecule has 1 amide bonds. The predicted octanol–water partition coefficient (Wildman–Crippen LogP) is 1.38. The molecule has 0 saturated heterocycles. The molecule has 0 aliphatic carbocycles. The summed E-state index contributed by atoms with van der Waals surface area (Å²) < 4.78 is 1.90. The molecule has 0 bridgehead atoms. The largest absolute Gasteiger partial charge is 0.481 e. The molecule has 10 nitrogen and oxygen atoms in total. The van der Waals surface area contributed by atoms with E-state index in [0.29, 0.717) is 24.2 Å². The zero-order chi connectivity index (χ0) is 22.5. The van der Waals surface area contributed by atoms with Gasteiger partial charge in [-0.2, -0.15) is 0 Å². The van der Waals surface area contributed by atoms with Crippen LogP contribution in [0.5, 0.6) is 0 Å². The summed E-state index contributed by atoms with van der Waals surface area (Å²) in [5.74, 6) is -2.53. The van der Waals surface area contributed by atoms with Crippen LogP contribution in [-0.2, 0) is 29.5 Å². The van der Waals surface area contributed by atoms with Gasteiger partial charge in [-0.15, -0.1) is 0 Å². The van der Waals surface area contributed by atoms with Crippen LogP contribution >= 0.6 is 0 Å². The summed E-state index contributed by atoms with van der Waals surface area (Å²) in [5, 5.41) is 21.1. The second kappa shape index (κ2) is 9.24. The Balaban J connectivity index is 1.64. The second-order valence-electron chi connectivity index (χ2n) is 7.22. The predicted molar refractivity (Wildman–Crippen MR) is 113 cm³/mol. The number of fused-ring (bicyclic) bond motifs is 1. The van der Waals surface area contributed by atoms with Crippen LogP contribution in [-0.4, -0.2) is 48.6 Å². The Bertz CT molecular complexity index is 1120. The quantitative estimate of drug-likeness (QED) is 0.400. The number of aryl methyl sites for hydroxylation is 3. The Morgan fingerprint density at radius 3 is 2.48 bits per heavy atom. The van der Waals surface area contributed by atoms with Crippen molar-refractivity contribution in [3.63, 3.8) is 0 Å². The Hall–Kier alpha value is -3.95. The van der Waals surface area contributed by atoms with Crippen LogP contribution in [0.4, 0.5) is 5.82 Å². The van der Waals surface area contributed by atoms with Gasteiger partial charge in [-0.3, -0.25) is 9.59 Å². The number of hydrogen-bond acceptors (Lipinski definition) is 6. The average molecular weight is 425 g/mol. The smallest absolute Gasteiger partial charge is 0.326 e. The summed E-state index contributed by atoms with van der Waals surface area (Å²) in [5.41, 5.74) is 9.09. The summed E-state index contributed by atoms with van der Waals surface area (Å²) in [6, 6.07) is 5.56. The first-order chi connectivity index (χ1) is 14.8. The van der Waals surface area contributed by atoms with Gasteiger partial charge in [0.1, 0.15) is 23.8 Å². The van der Waals surface area contributed by atoms with Crippen molar-refractivity contribution in [1.82, 2.24) is 19.9 Å². The van der Waals surface area contributed by atoms with Gasteiger partial charge >= 0.3 is 11.9 Å². The normalized spacial score (nSPS) is 11.9. The van der Waals surface area contributed by atoms with E-state index in [2.05, 4.69) is 15.3 Å². The number of benzene rings is 1. The summed E-state index contributed by atoms with van der Waals surface area (Å²) >= 11 is 0. The molecule has 0 aliphatic heterocycles. The van der Waals surface area contributed by atoms with Crippen molar-refractivity contribution in [1.29, 1.82) is 0 Å². The lowest BCUT2D eigenvalue weighted by Gasteiger charge is -2.13. The molecular weight excluding hydrogens is 402 g/mol. The first-order valence-electron chi connectivity index (χ1n) is 9.65. The van der Waals surface area contributed by atoms with Gasteiger partial charge in [0.05, 0.1) is 5.39 Å². The van der Waals surface area contributed by atoms with E-state index in [1.807, 2.05) is 17.8 Å².